The van der Waals surface area contributed by atoms with E-state index in [1.807, 2.05) is 18.2 Å². The molecule has 0 saturated heterocycles. The minimum absolute atomic E-state index is 0.0145. The molecule has 5 nitrogen and oxygen atoms in total. The molecule has 152 valence electrons. The quantitative estimate of drug-likeness (QED) is 0.421. The highest BCUT2D eigenvalue weighted by molar-refractivity contribution is 6.17. The Hall–Kier alpha value is -2.79. The third-order valence-corrected chi connectivity index (χ3v) is 5.68. The maximum atomic E-state index is 10.1. The number of rotatable bonds is 6. The SMILES string of the molecule is COc1ccc2c(c1)c(C=C1Cc3c(O)cc(O)cc3O1)c(C)n2CCCCCl. The Balaban J connectivity index is 1.78. The summed E-state index contributed by atoms with van der Waals surface area (Å²) in [5.41, 5.74) is 4.04. The van der Waals surface area contributed by atoms with Gasteiger partial charge in [-0.2, -0.15) is 0 Å². The zero-order valence-electron chi connectivity index (χ0n) is 16.5. The highest BCUT2D eigenvalue weighted by Crippen LogP contribution is 2.41. The van der Waals surface area contributed by atoms with E-state index in [0.717, 1.165) is 53.1 Å². The molecule has 6 heteroatoms. The number of halogens is 1. The minimum atomic E-state index is -0.0145. The number of aromatic hydroxyl groups is 2. The molecule has 0 fully saturated rings. The van der Waals surface area contributed by atoms with Gasteiger partial charge in [0.05, 0.1) is 7.11 Å². The molecule has 0 radical (unpaired) electrons. The second kappa shape index (κ2) is 7.91. The van der Waals surface area contributed by atoms with Crippen molar-refractivity contribution < 1.29 is 19.7 Å². The number of ether oxygens (including phenoxy) is 2. The average Bonchev–Trinajstić information content (AvgIpc) is 3.22. The van der Waals surface area contributed by atoms with Gasteiger partial charge in [0.15, 0.2) is 0 Å². The van der Waals surface area contributed by atoms with Crippen LogP contribution in [0.15, 0.2) is 36.1 Å². The van der Waals surface area contributed by atoms with Gasteiger partial charge in [0, 0.05) is 58.7 Å². The number of benzene rings is 2. The van der Waals surface area contributed by atoms with E-state index in [1.165, 1.54) is 12.1 Å². The highest BCUT2D eigenvalue weighted by Gasteiger charge is 2.23. The van der Waals surface area contributed by atoms with Crippen LogP contribution in [0.2, 0.25) is 0 Å². The standard InChI is InChI=1S/C23H24ClNO4/c1-14-18(12-17-13-20-22(27)9-15(26)10-23(20)29-17)19-11-16(28-2)5-6-21(19)25(14)8-4-3-7-24/h5-6,9-12,26-27H,3-4,7-8,13H2,1-2H3. The fraction of sp³-hybridized carbons (Fsp3) is 0.304. The molecule has 4 rings (SSSR count). The molecule has 1 aromatic heterocycles. The van der Waals surface area contributed by atoms with Gasteiger partial charge in [-0.15, -0.1) is 11.6 Å². The molecule has 3 aromatic rings. The Labute approximate surface area is 174 Å². The van der Waals surface area contributed by atoms with Crippen LogP contribution in [0.4, 0.5) is 0 Å². The molecule has 1 aliphatic heterocycles. The van der Waals surface area contributed by atoms with Gasteiger partial charge in [0.2, 0.25) is 0 Å². The number of methoxy groups -OCH3 is 1. The number of allylic oxidation sites excluding steroid dienone is 1. The van der Waals surface area contributed by atoms with Gasteiger partial charge in [-0.3, -0.25) is 0 Å². The van der Waals surface area contributed by atoms with Crippen molar-refractivity contribution in [3.8, 4) is 23.0 Å². The molecular weight excluding hydrogens is 390 g/mol. The molecule has 2 heterocycles. The van der Waals surface area contributed by atoms with Crippen molar-refractivity contribution in [1.29, 1.82) is 0 Å². The zero-order valence-corrected chi connectivity index (χ0v) is 17.3. The van der Waals surface area contributed by atoms with Crippen molar-refractivity contribution in [3.63, 3.8) is 0 Å². The van der Waals surface area contributed by atoms with Crippen molar-refractivity contribution in [2.45, 2.75) is 32.7 Å². The van der Waals surface area contributed by atoms with Crippen LogP contribution >= 0.6 is 11.6 Å². The average molecular weight is 414 g/mol. The molecule has 2 N–H and O–H groups in total. The Bertz CT molecular complexity index is 1100. The molecule has 29 heavy (non-hydrogen) atoms. The van der Waals surface area contributed by atoms with E-state index in [-0.39, 0.29) is 11.5 Å². The van der Waals surface area contributed by atoms with E-state index in [4.69, 9.17) is 21.1 Å². The van der Waals surface area contributed by atoms with Gasteiger partial charge in [0.25, 0.3) is 0 Å². The topological polar surface area (TPSA) is 63.9 Å². The number of unbranched alkanes of at least 4 members (excludes halogenated alkanes) is 1. The summed E-state index contributed by atoms with van der Waals surface area (Å²) in [6, 6.07) is 8.96. The van der Waals surface area contributed by atoms with E-state index in [2.05, 4.69) is 17.6 Å². The molecule has 0 atom stereocenters. The highest BCUT2D eigenvalue weighted by atomic mass is 35.5. The summed E-state index contributed by atoms with van der Waals surface area (Å²) in [5.74, 6) is 2.71. The number of aromatic nitrogens is 1. The Morgan fingerprint density at radius 1 is 1.21 bits per heavy atom. The van der Waals surface area contributed by atoms with Gasteiger partial charge in [-0.25, -0.2) is 0 Å². The summed E-state index contributed by atoms with van der Waals surface area (Å²) in [6.07, 6.45) is 4.47. The monoisotopic (exact) mass is 413 g/mol. The van der Waals surface area contributed by atoms with Crippen LogP contribution in [-0.2, 0) is 13.0 Å². The van der Waals surface area contributed by atoms with Crippen molar-refractivity contribution >= 4 is 28.6 Å². The Morgan fingerprint density at radius 2 is 2.03 bits per heavy atom. The van der Waals surface area contributed by atoms with Crippen LogP contribution in [0.5, 0.6) is 23.0 Å². The van der Waals surface area contributed by atoms with Crippen LogP contribution in [0, 0.1) is 6.92 Å². The van der Waals surface area contributed by atoms with E-state index in [0.29, 0.717) is 23.6 Å². The summed E-state index contributed by atoms with van der Waals surface area (Å²) >= 11 is 5.86. The van der Waals surface area contributed by atoms with E-state index < -0.39 is 0 Å². The van der Waals surface area contributed by atoms with E-state index in [9.17, 15) is 10.2 Å². The van der Waals surface area contributed by atoms with Gasteiger partial charge in [-0.1, -0.05) is 0 Å². The first kappa shape index (κ1) is 19.5. The minimum Gasteiger partial charge on any atom is -0.508 e. The van der Waals surface area contributed by atoms with Crippen molar-refractivity contribution in [2.75, 3.05) is 13.0 Å². The summed E-state index contributed by atoms with van der Waals surface area (Å²) in [6.45, 7) is 2.99. The first-order valence-corrected chi connectivity index (χ1v) is 10.2. The van der Waals surface area contributed by atoms with Crippen LogP contribution in [0.25, 0.3) is 17.0 Å². The largest absolute Gasteiger partial charge is 0.508 e. The first-order chi connectivity index (χ1) is 14.0. The normalized spacial score (nSPS) is 14.4. The predicted octanol–water partition coefficient (Wildman–Crippen LogP) is 5.36. The van der Waals surface area contributed by atoms with Crippen LogP contribution in [0.1, 0.15) is 29.7 Å². The van der Waals surface area contributed by atoms with E-state index in [1.54, 1.807) is 7.11 Å². The maximum Gasteiger partial charge on any atom is 0.137 e. The smallest absolute Gasteiger partial charge is 0.137 e. The fourth-order valence-electron chi connectivity index (χ4n) is 3.93. The second-order valence-corrected chi connectivity index (χ2v) is 7.64. The summed E-state index contributed by atoms with van der Waals surface area (Å²) < 4.78 is 13.7. The maximum absolute atomic E-state index is 10.1. The van der Waals surface area contributed by atoms with E-state index >= 15 is 0 Å². The molecule has 0 aliphatic carbocycles. The lowest BCUT2D eigenvalue weighted by molar-refractivity contribution is 0.415. The number of hydrogen-bond donors (Lipinski definition) is 2. The van der Waals surface area contributed by atoms with Crippen LogP contribution in [-0.4, -0.2) is 27.8 Å². The van der Waals surface area contributed by atoms with Crippen molar-refractivity contribution in [2.24, 2.45) is 0 Å². The number of phenolic OH excluding ortho intramolecular Hbond substituents is 2. The number of phenols is 2. The lowest BCUT2D eigenvalue weighted by Crippen LogP contribution is -2.01. The second-order valence-electron chi connectivity index (χ2n) is 7.26. The van der Waals surface area contributed by atoms with Gasteiger partial charge < -0.3 is 24.3 Å². The summed E-state index contributed by atoms with van der Waals surface area (Å²) in [4.78, 5) is 0. The fourth-order valence-corrected chi connectivity index (χ4v) is 4.12. The number of hydrogen-bond acceptors (Lipinski definition) is 4. The van der Waals surface area contributed by atoms with Crippen molar-refractivity contribution in [1.82, 2.24) is 4.57 Å². The Kier molecular flexibility index (Phi) is 5.33. The third-order valence-electron chi connectivity index (χ3n) is 5.41. The van der Waals surface area contributed by atoms with Gasteiger partial charge in [0.1, 0.15) is 28.8 Å². The van der Waals surface area contributed by atoms with Gasteiger partial charge >= 0.3 is 0 Å². The molecule has 1 aliphatic rings. The molecule has 0 spiro atoms. The molecule has 0 bridgehead atoms. The zero-order chi connectivity index (χ0) is 20.5. The van der Waals surface area contributed by atoms with Crippen LogP contribution in [0.3, 0.4) is 0 Å². The molecule has 0 unspecified atom stereocenters. The molecule has 0 amide bonds. The predicted molar refractivity (Wildman–Crippen MR) is 115 cm³/mol. The number of nitrogens with zero attached hydrogens (tertiary/aromatic N) is 1. The van der Waals surface area contributed by atoms with Crippen LogP contribution < -0.4 is 9.47 Å². The Morgan fingerprint density at radius 3 is 2.79 bits per heavy atom. The number of aryl methyl sites for hydroxylation is 1. The number of alkyl halides is 1. The summed E-state index contributed by atoms with van der Waals surface area (Å²) in [5, 5.41) is 20.9. The summed E-state index contributed by atoms with van der Waals surface area (Å²) in [7, 11) is 1.66. The first-order valence-electron chi connectivity index (χ1n) is 9.68. The molecule has 0 saturated carbocycles. The van der Waals surface area contributed by atoms with Crippen molar-refractivity contribution in [3.05, 3.63) is 52.9 Å². The van der Waals surface area contributed by atoms with Gasteiger partial charge in [-0.05, 0) is 44.0 Å². The molecular formula is C23H24ClNO4. The molecule has 2 aromatic carbocycles. The third kappa shape index (κ3) is 3.62. The lowest BCUT2D eigenvalue weighted by atomic mass is 10.1. The lowest BCUT2D eigenvalue weighted by Gasteiger charge is -2.08. The number of fused-ring (bicyclic) bond motifs is 2.